The molecule has 2 atom stereocenters. The number of amides is 3. The van der Waals surface area contributed by atoms with Crippen LogP contribution in [0.25, 0.3) is 11.1 Å². The predicted molar refractivity (Wildman–Crippen MR) is 127 cm³/mol. The molecule has 9 heteroatoms. The van der Waals surface area contributed by atoms with Crippen LogP contribution in [0.3, 0.4) is 0 Å². The number of carboxylic acid groups (broad SMARTS) is 1. The van der Waals surface area contributed by atoms with E-state index in [-0.39, 0.29) is 18.4 Å². The minimum Gasteiger partial charge on any atom is -0.480 e. The molecule has 8 nitrogen and oxygen atoms in total. The second-order valence-corrected chi connectivity index (χ2v) is 8.75. The average Bonchev–Trinajstić information content (AvgIpc) is 3.26. The van der Waals surface area contributed by atoms with Gasteiger partial charge < -0.3 is 21.1 Å². The van der Waals surface area contributed by atoms with Gasteiger partial charge in [-0.2, -0.15) is 11.8 Å². The summed E-state index contributed by atoms with van der Waals surface area (Å²) < 4.78 is 0. The number of nitrogens with one attached hydrogen (secondary N) is 3. The molecular formula is C24H27N3O5S. The second kappa shape index (κ2) is 11.5. The molecule has 1 aliphatic rings. The molecule has 0 spiro atoms. The van der Waals surface area contributed by atoms with Crippen LogP contribution < -0.4 is 16.0 Å². The van der Waals surface area contributed by atoms with Gasteiger partial charge in [-0.15, -0.1) is 0 Å². The van der Waals surface area contributed by atoms with Crippen molar-refractivity contribution >= 4 is 35.5 Å². The van der Waals surface area contributed by atoms with Crippen LogP contribution in [0.2, 0.25) is 0 Å². The van der Waals surface area contributed by atoms with Crippen LogP contribution in [0.5, 0.6) is 0 Å². The minimum atomic E-state index is -1.07. The Bertz CT molecular complexity index is 1030. The monoisotopic (exact) mass is 469 g/mol. The molecule has 3 amide bonds. The zero-order valence-electron chi connectivity index (χ0n) is 18.3. The Labute approximate surface area is 196 Å². The van der Waals surface area contributed by atoms with E-state index >= 15 is 0 Å². The highest BCUT2D eigenvalue weighted by Crippen LogP contribution is 2.25. The SMILES string of the molecule is CSCCC(NC(=O)c1ccc(CNC(=O)[C@@H]2CCC(=O)N2)cc1-c1ccccc1)C(=O)O. The molecule has 0 aliphatic carbocycles. The Morgan fingerprint density at radius 2 is 1.94 bits per heavy atom. The van der Waals surface area contributed by atoms with Gasteiger partial charge in [-0.3, -0.25) is 14.4 Å². The van der Waals surface area contributed by atoms with E-state index in [1.54, 1.807) is 12.1 Å². The van der Waals surface area contributed by atoms with Crippen molar-refractivity contribution in [2.24, 2.45) is 0 Å². The third-order valence-electron chi connectivity index (χ3n) is 5.41. The zero-order chi connectivity index (χ0) is 23.8. The third kappa shape index (κ3) is 6.58. The lowest BCUT2D eigenvalue weighted by atomic mass is 9.96. The van der Waals surface area contributed by atoms with Crippen molar-refractivity contribution in [3.63, 3.8) is 0 Å². The predicted octanol–water partition coefficient (Wildman–Crippen LogP) is 2.18. The largest absolute Gasteiger partial charge is 0.480 e. The standard InChI is InChI=1S/C24H27N3O5S/c1-33-12-11-20(24(31)32)27-22(29)17-8-7-15(13-18(17)16-5-3-2-4-6-16)14-25-23(30)19-9-10-21(28)26-19/h2-8,13,19-20H,9-12,14H2,1H3,(H,25,30)(H,26,28)(H,27,29)(H,31,32)/t19-,20?/m0/s1. The van der Waals surface area contributed by atoms with Crippen LogP contribution in [0.15, 0.2) is 48.5 Å². The van der Waals surface area contributed by atoms with E-state index in [0.29, 0.717) is 36.1 Å². The summed E-state index contributed by atoms with van der Waals surface area (Å²) in [6.07, 6.45) is 3.02. The molecule has 1 fully saturated rings. The quantitative estimate of drug-likeness (QED) is 0.423. The lowest BCUT2D eigenvalue weighted by molar-refractivity contribution is -0.139. The molecular weight excluding hydrogens is 442 g/mol. The molecule has 0 saturated carbocycles. The van der Waals surface area contributed by atoms with Crippen LogP contribution in [0.1, 0.15) is 35.2 Å². The van der Waals surface area contributed by atoms with Crippen molar-refractivity contribution < 1.29 is 24.3 Å². The maximum absolute atomic E-state index is 13.0. The lowest BCUT2D eigenvalue weighted by Gasteiger charge is -2.17. The number of carboxylic acids is 1. The molecule has 4 N–H and O–H groups in total. The van der Waals surface area contributed by atoms with Crippen molar-refractivity contribution in [3.8, 4) is 11.1 Å². The number of carbonyl (C=O) groups excluding carboxylic acids is 3. The van der Waals surface area contributed by atoms with Gasteiger partial charge in [0.2, 0.25) is 11.8 Å². The first-order valence-corrected chi connectivity index (χ1v) is 12.1. The highest BCUT2D eigenvalue weighted by atomic mass is 32.2. The average molecular weight is 470 g/mol. The van der Waals surface area contributed by atoms with Crippen molar-refractivity contribution in [2.45, 2.75) is 37.9 Å². The summed E-state index contributed by atoms with van der Waals surface area (Å²) in [7, 11) is 0. The summed E-state index contributed by atoms with van der Waals surface area (Å²) in [4.78, 5) is 48.2. The molecule has 174 valence electrons. The molecule has 2 aromatic carbocycles. The first-order chi connectivity index (χ1) is 15.9. The molecule has 33 heavy (non-hydrogen) atoms. The molecule has 2 aromatic rings. The van der Waals surface area contributed by atoms with Crippen LogP contribution >= 0.6 is 11.8 Å². The number of aliphatic carboxylic acids is 1. The fourth-order valence-electron chi connectivity index (χ4n) is 3.61. The van der Waals surface area contributed by atoms with Crippen LogP contribution in [0.4, 0.5) is 0 Å². The number of carbonyl (C=O) groups is 4. The number of benzene rings is 2. The summed E-state index contributed by atoms with van der Waals surface area (Å²) >= 11 is 1.52. The third-order valence-corrected chi connectivity index (χ3v) is 6.05. The number of thioether (sulfide) groups is 1. The fraction of sp³-hybridized carbons (Fsp3) is 0.333. The van der Waals surface area contributed by atoms with Gasteiger partial charge in [0, 0.05) is 18.5 Å². The number of hydrogen-bond acceptors (Lipinski definition) is 5. The summed E-state index contributed by atoms with van der Waals surface area (Å²) in [5.41, 5.74) is 2.58. The van der Waals surface area contributed by atoms with E-state index in [9.17, 15) is 24.3 Å². The molecule has 1 saturated heterocycles. The van der Waals surface area contributed by atoms with Crippen molar-refractivity contribution in [2.75, 3.05) is 12.0 Å². The Balaban J connectivity index is 1.80. The zero-order valence-corrected chi connectivity index (χ0v) is 19.1. The Kier molecular flexibility index (Phi) is 8.48. The van der Waals surface area contributed by atoms with Crippen molar-refractivity contribution in [3.05, 3.63) is 59.7 Å². The molecule has 1 unspecified atom stereocenters. The van der Waals surface area contributed by atoms with Gasteiger partial charge in [-0.1, -0.05) is 36.4 Å². The summed E-state index contributed by atoms with van der Waals surface area (Å²) in [5.74, 6) is -1.30. The molecule has 1 aliphatic heterocycles. The number of hydrogen-bond donors (Lipinski definition) is 4. The van der Waals surface area contributed by atoms with Gasteiger partial charge in [-0.25, -0.2) is 4.79 Å². The van der Waals surface area contributed by atoms with Gasteiger partial charge in [0.25, 0.3) is 5.91 Å². The van der Waals surface area contributed by atoms with E-state index in [1.165, 1.54) is 11.8 Å². The van der Waals surface area contributed by atoms with E-state index in [4.69, 9.17) is 0 Å². The molecule has 1 heterocycles. The van der Waals surface area contributed by atoms with Gasteiger partial charge in [-0.05, 0) is 53.7 Å². The number of rotatable bonds is 10. The maximum Gasteiger partial charge on any atom is 0.326 e. The second-order valence-electron chi connectivity index (χ2n) is 7.77. The Hall–Kier alpha value is -3.33. The first kappa shape index (κ1) is 24.3. The van der Waals surface area contributed by atoms with Crippen LogP contribution in [-0.2, 0) is 20.9 Å². The highest BCUT2D eigenvalue weighted by molar-refractivity contribution is 7.98. The molecule has 0 radical (unpaired) electrons. The highest BCUT2D eigenvalue weighted by Gasteiger charge is 2.27. The Morgan fingerprint density at radius 3 is 2.58 bits per heavy atom. The van der Waals surface area contributed by atoms with Gasteiger partial charge >= 0.3 is 5.97 Å². The normalized spacial score (nSPS) is 16.0. The summed E-state index contributed by atoms with van der Waals surface area (Å²) in [5, 5.41) is 17.6. The first-order valence-electron chi connectivity index (χ1n) is 10.7. The van der Waals surface area contributed by atoms with Crippen LogP contribution in [0, 0.1) is 0 Å². The van der Waals surface area contributed by atoms with E-state index in [2.05, 4.69) is 16.0 Å². The summed E-state index contributed by atoms with van der Waals surface area (Å²) in [6, 6.07) is 13.0. The van der Waals surface area contributed by atoms with E-state index in [1.807, 2.05) is 42.7 Å². The van der Waals surface area contributed by atoms with Crippen molar-refractivity contribution in [1.29, 1.82) is 0 Å². The maximum atomic E-state index is 13.0. The lowest BCUT2D eigenvalue weighted by Crippen LogP contribution is -2.41. The van der Waals surface area contributed by atoms with E-state index < -0.39 is 24.0 Å². The summed E-state index contributed by atoms with van der Waals surface area (Å²) in [6.45, 7) is 0.235. The van der Waals surface area contributed by atoms with E-state index in [0.717, 1.165) is 11.1 Å². The molecule has 0 bridgehead atoms. The topological polar surface area (TPSA) is 125 Å². The van der Waals surface area contributed by atoms with Gasteiger partial charge in [0.05, 0.1) is 0 Å². The Morgan fingerprint density at radius 1 is 1.18 bits per heavy atom. The van der Waals surface area contributed by atoms with Crippen LogP contribution in [-0.4, -0.2) is 52.9 Å². The van der Waals surface area contributed by atoms with Gasteiger partial charge in [0.15, 0.2) is 0 Å². The van der Waals surface area contributed by atoms with Crippen molar-refractivity contribution in [1.82, 2.24) is 16.0 Å². The smallest absolute Gasteiger partial charge is 0.326 e. The molecule has 0 aromatic heterocycles. The molecule has 3 rings (SSSR count). The van der Waals surface area contributed by atoms with Gasteiger partial charge in [0.1, 0.15) is 12.1 Å². The minimum absolute atomic E-state index is 0.130. The fourth-order valence-corrected chi connectivity index (χ4v) is 4.08.